The molecule has 94 valence electrons. The Kier molecular flexibility index (Phi) is 3.71. The minimum absolute atomic E-state index is 0.307. The molecule has 3 heteroatoms. The van der Waals surface area contributed by atoms with Gasteiger partial charge >= 0.3 is 0 Å². The van der Waals surface area contributed by atoms with Crippen molar-refractivity contribution in [2.75, 3.05) is 13.1 Å². The summed E-state index contributed by atoms with van der Waals surface area (Å²) >= 11 is 0. The van der Waals surface area contributed by atoms with Crippen LogP contribution in [0, 0.1) is 35.0 Å². The summed E-state index contributed by atoms with van der Waals surface area (Å²) in [5.41, 5.74) is 0. The van der Waals surface area contributed by atoms with E-state index in [1.54, 1.807) is 0 Å². The second-order valence-corrected chi connectivity index (χ2v) is 5.87. The van der Waals surface area contributed by atoms with Gasteiger partial charge in [-0.1, -0.05) is 20.3 Å². The zero-order valence-electron chi connectivity index (χ0n) is 10.9. The summed E-state index contributed by atoms with van der Waals surface area (Å²) in [6, 6.07) is 2.14. The molecule has 0 N–H and O–H groups in total. The van der Waals surface area contributed by atoms with Crippen molar-refractivity contribution in [3.8, 4) is 6.07 Å². The smallest absolute Gasteiger partial charge is 0.226 e. The third kappa shape index (κ3) is 2.62. The van der Waals surface area contributed by atoms with Crippen LogP contribution >= 0.6 is 0 Å². The number of hydrogen-bond donors (Lipinski definition) is 0. The molecule has 2 rings (SSSR count). The number of carbonyl (C=O) groups excluding carboxylic acids is 1. The highest BCUT2D eigenvalue weighted by atomic mass is 16.2. The molecule has 0 spiro atoms. The fourth-order valence-corrected chi connectivity index (χ4v) is 3.32. The van der Waals surface area contributed by atoms with Gasteiger partial charge in [0.2, 0.25) is 5.91 Å². The van der Waals surface area contributed by atoms with E-state index in [1.165, 1.54) is 19.3 Å². The number of hydrogen-bond acceptors (Lipinski definition) is 2. The second-order valence-electron chi connectivity index (χ2n) is 5.87. The zero-order valence-corrected chi connectivity index (χ0v) is 10.9. The number of nitriles is 1. The summed E-state index contributed by atoms with van der Waals surface area (Å²) < 4.78 is 0. The first kappa shape index (κ1) is 12.4. The fraction of sp³-hybridized carbons (Fsp3) is 0.857. The van der Waals surface area contributed by atoms with Crippen LogP contribution in [-0.4, -0.2) is 23.9 Å². The van der Waals surface area contributed by atoms with Gasteiger partial charge in [0.05, 0.1) is 12.5 Å². The lowest BCUT2D eigenvalue weighted by atomic mass is 10.1. The molecule has 2 saturated carbocycles. The number of carbonyl (C=O) groups is 1. The summed E-state index contributed by atoms with van der Waals surface area (Å²) in [5, 5.41) is 8.66. The van der Waals surface area contributed by atoms with Crippen molar-refractivity contribution < 1.29 is 4.79 Å². The highest BCUT2D eigenvalue weighted by Gasteiger charge is 2.57. The van der Waals surface area contributed by atoms with Crippen LogP contribution in [0.2, 0.25) is 0 Å². The van der Waals surface area contributed by atoms with E-state index in [-0.39, 0.29) is 0 Å². The van der Waals surface area contributed by atoms with Crippen LogP contribution in [-0.2, 0) is 4.79 Å². The Labute approximate surface area is 104 Å². The maximum absolute atomic E-state index is 12.4. The topological polar surface area (TPSA) is 44.1 Å². The molecular formula is C14H22N2O. The Bertz CT molecular complexity index is 322. The minimum atomic E-state index is 0.307. The van der Waals surface area contributed by atoms with Crippen molar-refractivity contribution in [1.29, 1.82) is 5.26 Å². The largest absolute Gasteiger partial charge is 0.341 e. The summed E-state index contributed by atoms with van der Waals surface area (Å²) in [7, 11) is 0. The third-order valence-electron chi connectivity index (χ3n) is 4.08. The van der Waals surface area contributed by atoms with E-state index in [4.69, 9.17) is 5.26 Å². The fourth-order valence-electron chi connectivity index (χ4n) is 3.32. The molecular weight excluding hydrogens is 212 g/mol. The van der Waals surface area contributed by atoms with Crippen molar-refractivity contribution in [1.82, 2.24) is 4.90 Å². The molecule has 0 aromatic carbocycles. The zero-order chi connectivity index (χ0) is 12.4. The van der Waals surface area contributed by atoms with Crippen molar-refractivity contribution in [2.24, 2.45) is 23.7 Å². The molecule has 0 aliphatic heterocycles. The molecule has 2 fully saturated rings. The van der Waals surface area contributed by atoms with Gasteiger partial charge in [0.25, 0.3) is 0 Å². The molecule has 2 atom stereocenters. The van der Waals surface area contributed by atoms with E-state index >= 15 is 0 Å². The summed E-state index contributed by atoms with van der Waals surface area (Å²) in [6.45, 7) is 5.67. The first-order valence-electron chi connectivity index (χ1n) is 6.81. The van der Waals surface area contributed by atoms with Crippen molar-refractivity contribution >= 4 is 5.91 Å². The molecule has 1 amide bonds. The maximum atomic E-state index is 12.4. The highest BCUT2D eigenvalue weighted by molar-refractivity contribution is 5.82. The van der Waals surface area contributed by atoms with E-state index < -0.39 is 0 Å². The monoisotopic (exact) mass is 234 g/mol. The van der Waals surface area contributed by atoms with Crippen LogP contribution in [0.4, 0.5) is 0 Å². The molecule has 0 radical (unpaired) electrons. The Morgan fingerprint density at radius 3 is 2.59 bits per heavy atom. The Morgan fingerprint density at radius 1 is 1.41 bits per heavy atom. The molecule has 2 aliphatic rings. The Hall–Kier alpha value is -1.04. The van der Waals surface area contributed by atoms with Crippen LogP contribution in [0.3, 0.4) is 0 Å². The average molecular weight is 234 g/mol. The molecule has 0 bridgehead atoms. The van der Waals surface area contributed by atoms with Crippen LogP contribution in [0.5, 0.6) is 0 Å². The van der Waals surface area contributed by atoms with Gasteiger partial charge in [-0.3, -0.25) is 4.79 Å². The van der Waals surface area contributed by atoms with E-state index in [0.29, 0.717) is 42.5 Å². The van der Waals surface area contributed by atoms with Gasteiger partial charge in [0.1, 0.15) is 0 Å². The molecule has 2 aliphatic carbocycles. The second kappa shape index (κ2) is 5.08. The van der Waals surface area contributed by atoms with Gasteiger partial charge in [0, 0.05) is 19.0 Å². The molecule has 3 nitrogen and oxygen atoms in total. The van der Waals surface area contributed by atoms with Crippen molar-refractivity contribution in [2.45, 2.75) is 39.5 Å². The molecule has 0 heterocycles. The average Bonchev–Trinajstić information content (AvgIpc) is 2.76. The van der Waals surface area contributed by atoms with Gasteiger partial charge in [0.15, 0.2) is 0 Å². The van der Waals surface area contributed by atoms with Gasteiger partial charge in [-0.2, -0.15) is 5.26 Å². The van der Waals surface area contributed by atoms with Gasteiger partial charge in [-0.25, -0.2) is 0 Å². The molecule has 2 unspecified atom stereocenters. The van der Waals surface area contributed by atoms with Crippen molar-refractivity contribution in [3.05, 3.63) is 0 Å². The minimum Gasteiger partial charge on any atom is -0.341 e. The Balaban J connectivity index is 1.91. The van der Waals surface area contributed by atoms with E-state index in [2.05, 4.69) is 19.9 Å². The predicted octanol–water partition coefficient (Wildman–Crippen LogP) is 2.43. The third-order valence-corrected chi connectivity index (χ3v) is 4.08. The quantitative estimate of drug-likeness (QED) is 0.733. The number of amides is 1. The van der Waals surface area contributed by atoms with Crippen molar-refractivity contribution in [3.63, 3.8) is 0 Å². The lowest BCUT2D eigenvalue weighted by molar-refractivity contribution is -0.133. The number of nitrogens with zero attached hydrogens (tertiary/aromatic N) is 2. The molecule has 17 heavy (non-hydrogen) atoms. The lowest BCUT2D eigenvalue weighted by Gasteiger charge is -2.24. The lowest BCUT2D eigenvalue weighted by Crippen LogP contribution is -2.37. The standard InChI is InChI=1S/C14H22N2O/c1-10(2)9-16(8-4-7-15)14(17)13-11-5-3-6-12(11)13/h10-13H,3-6,8-9H2,1-2H3. The first-order chi connectivity index (χ1) is 8.15. The first-order valence-corrected chi connectivity index (χ1v) is 6.81. The van der Waals surface area contributed by atoms with Crippen LogP contribution in [0.15, 0.2) is 0 Å². The van der Waals surface area contributed by atoms with E-state index in [0.717, 1.165) is 6.54 Å². The highest BCUT2D eigenvalue weighted by Crippen LogP contribution is 2.58. The van der Waals surface area contributed by atoms with Gasteiger partial charge in [-0.05, 0) is 30.6 Å². The molecule has 0 saturated heterocycles. The molecule has 0 aromatic rings. The number of rotatable bonds is 5. The van der Waals surface area contributed by atoms with Crippen LogP contribution in [0.1, 0.15) is 39.5 Å². The van der Waals surface area contributed by atoms with Crippen LogP contribution < -0.4 is 0 Å². The summed E-state index contributed by atoms with van der Waals surface area (Å²) in [5.74, 6) is 2.47. The summed E-state index contributed by atoms with van der Waals surface area (Å²) in [6.07, 6.45) is 4.26. The van der Waals surface area contributed by atoms with Gasteiger partial charge in [-0.15, -0.1) is 0 Å². The Morgan fingerprint density at radius 2 is 2.06 bits per heavy atom. The normalized spacial score (nSPS) is 29.9. The maximum Gasteiger partial charge on any atom is 0.226 e. The van der Waals surface area contributed by atoms with E-state index in [9.17, 15) is 4.79 Å². The predicted molar refractivity (Wildman–Crippen MR) is 66.0 cm³/mol. The summed E-state index contributed by atoms with van der Waals surface area (Å²) in [4.78, 5) is 14.3. The number of fused-ring (bicyclic) bond motifs is 1. The SMILES string of the molecule is CC(C)CN(CCC#N)C(=O)C1C2CCCC21. The van der Waals surface area contributed by atoms with Crippen LogP contribution in [0.25, 0.3) is 0 Å². The molecule has 0 aromatic heterocycles. The van der Waals surface area contributed by atoms with Gasteiger partial charge < -0.3 is 4.90 Å². The van der Waals surface area contributed by atoms with E-state index in [1.807, 2.05) is 4.90 Å².